The van der Waals surface area contributed by atoms with Crippen LogP contribution in [0.1, 0.15) is 24.7 Å². The van der Waals surface area contributed by atoms with Crippen molar-refractivity contribution < 1.29 is 22.6 Å². The van der Waals surface area contributed by atoms with Gasteiger partial charge in [0.05, 0.1) is 5.88 Å². The molecule has 0 bridgehead atoms. The molecule has 0 saturated heterocycles. The first-order chi connectivity index (χ1) is 10.6. The van der Waals surface area contributed by atoms with Gasteiger partial charge in [-0.05, 0) is 13.8 Å². The van der Waals surface area contributed by atoms with Crippen LogP contribution in [0.2, 0.25) is 0 Å². The number of aromatic nitrogens is 2. The first-order valence-corrected chi connectivity index (χ1v) is 8.96. The molecule has 0 atom stereocenters. The van der Waals surface area contributed by atoms with Crippen molar-refractivity contribution >= 4 is 28.0 Å². The van der Waals surface area contributed by atoms with Crippen molar-refractivity contribution in [2.45, 2.75) is 26.8 Å². The summed E-state index contributed by atoms with van der Waals surface area (Å²) < 4.78 is 31.6. The Morgan fingerprint density at radius 1 is 1.39 bits per heavy atom. The highest BCUT2D eigenvalue weighted by molar-refractivity contribution is 8.03. The summed E-state index contributed by atoms with van der Waals surface area (Å²) in [5.41, 5.74) is 8.06. The Balaban J connectivity index is 0.000000463. The van der Waals surface area contributed by atoms with Gasteiger partial charge in [0.1, 0.15) is 11.6 Å². The Morgan fingerprint density at radius 3 is 2.52 bits per heavy atom. The summed E-state index contributed by atoms with van der Waals surface area (Å²) in [6.07, 6.45) is 2.52. The van der Waals surface area contributed by atoms with E-state index in [1.54, 1.807) is 18.0 Å². The maximum Gasteiger partial charge on any atom is 0.394 e. The molecule has 130 valence electrons. The third-order valence-electron chi connectivity index (χ3n) is 2.99. The van der Waals surface area contributed by atoms with Gasteiger partial charge in [-0.3, -0.25) is 9.11 Å². The number of hydrogen-bond acceptors (Lipinski definition) is 8. The van der Waals surface area contributed by atoms with Crippen molar-refractivity contribution in [3.8, 4) is 0 Å². The molecular formula is C12H20N4O5S2. The molecule has 0 aliphatic carbocycles. The number of rotatable bonds is 4. The average Bonchev–Trinajstić information content (AvgIpc) is 2.73. The zero-order valence-corrected chi connectivity index (χ0v) is 14.4. The van der Waals surface area contributed by atoms with Crippen molar-refractivity contribution in [2.75, 3.05) is 18.2 Å². The second kappa shape index (κ2) is 8.45. The highest BCUT2D eigenvalue weighted by atomic mass is 32.3. The van der Waals surface area contributed by atoms with E-state index in [1.807, 2.05) is 6.92 Å². The number of nitrogen functional groups attached to an aromatic ring is 1. The molecule has 0 spiro atoms. The molecule has 1 aliphatic rings. The lowest BCUT2D eigenvalue weighted by molar-refractivity contribution is 0.300. The lowest BCUT2D eigenvalue weighted by atomic mass is 10.2. The van der Waals surface area contributed by atoms with E-state index in [0.717, 1.165) is 24.4 Å². The number of aliphatic hydroxyl groups excluding tert-OH is 1. The Labute approximate surface area is 139 Å². The van der Waals surface area contributed by atoms with Gasteiger partial charge in [0, 0.05) is 41.9 Å². The summed E-state index contributed by atoms with van der Waals surface area (Å²) in [5, 5.41) is 8.99. The van der Waals surface area contributed by atoms with E-state index >= 15 is 0 Å². The van der Waals surface area contributed by atoms with Crippen molar-refractivity contribution in [2.24, 2.45) is 0 Å². The van der Waals surface area contributed by atoms with Crippen LogP contribution in [0.15, 0.2) is 16.8 Å². The SMILES string of the molecule is CC1=C(CCO)SCN1Cc1cnc(C)nc1N.O=S(=O)(O)O. The van der Waals surface area contributed by atoms with E-state index in [9.17, 15) is 0 Å². The minimum Gasteiger partial charge on any atom is -0.396 e. The number of allylic oxidation sites excluding steroid dienone is 1. The van der Waals surface area contributed by atoms with Gasteiger partial charge in [-0.15, -0.1) is 11.8 Å². The zero-order valence-electron chi connectivity index (χ0n) is 12.8. The third kappa shape index (κ3) is 7.14. The molecule has 0 fully saturated rings. The summed E-state index contributed by atoms with van der Waals surface area (Å²) in [5.74, 6) is 2.14. The maximum atomic E-state index is 8.99. The molecule has 23 heavy (non-hydrogen) atoms. The highest BCUT2D eigenvalue weighted by Gasteiger charge is 2.20. The van der Waals surface area contributed by atoms with Gasteiger partial charge in [0.2, 0.25) is 0 Å². The van der Waals surface area contributed by atoms with E-state index in [1.165, 1.54) is 10.6 Å². The van der Waals surface area contributed by atoms with Crippen LogP contribution >= 0.6 is 11.8 Å². The molecule has 1 aliphatic heterocycles. The largest absolute Gasteiger partial charge is 0.396 e. The topological polar surface area (TPSA) is 150 Å². The second-order valence-electron chi connectivity index (χ2n) is 4.73. The highest BCUT2D eigenvalue weighted by Crippen LogP contribution is 2.34. The third-order valence-corrected chi connectivity index (χ3v) is 4.28. The Bertz CT molecular complexity index is 670. The predicted octanol–water partition coefficient (Wildman–Crippen LogP) is 0.835. The molecule has 0 amide bonds. The number of anilines is 1. The number of hydrogen-bond donors (Lipinski definition) is 4. The number of aryl methyl sites for hydroxylation is 1. The smallest absolute Gasteiger partial charge is 0.394 e. The molecule has 0 radical (unpaired) electrons. The monoisotopic (exact) mass is 364 g/mol. The van der Waals surface area contributed by atoms with Gasteiger partial charge < -0.3 is 15.7 Å². The zero-order chi connectivity index (χ0) is 17.6. The molecular weight excluding hydrogens is 344 g/mol. The fourth-order valence-corrected chi connectivity index (χ4v) is 3.06. The minimum absolute atomic E-state index is 0.198. The van der Waals surface area contributed by atoms with Crippen LogP contribution in [0.3, 0.4) is 0 Å². The quantitative estimate of drug-likeness (QED) is 0.566. The molecule has 0 aromatic carbocycles. The van der Waals surface area contributed by atoms with Crippen LogP contribution in [0, 0.1) is 6.92 Å². The maximum absolute atomic E-state index is 8.99. The van der Waals surface area contributed by atoms with Crippen LogP contribution in [-0.4, -0.2) is 50.0 Å². The molecule has 1 aromatic heterocycles. The summed E-state index contributed by atoms with van der Waals surface area (Å²) in [6.45, 7) is 4.83. The minimum atomic E-state index is -4.67. The summed E-state index contributed by atoms with van der Waals surface area (Å²) in [7, 11) is -4.67. The Hall–Kier alpha value is -1.40. The normalized spacial score (nSPS) is 14.7. The van der Waals surface area contributed by atoms with E-state index in [4.69, 9.17) is 28.4 Å². The number of thioether (sulfide) groups is 1. The van der Waals surface area contributed by atoms with Gasteiger partial charge in [0.15, 0.2) is 0 Å². The summed E-state index contributed by atoms with van der Waals surface area (Å²) in [6, 6.07) is 0. The fourth-order valence-electron chi connectivity index (χ4n) is 1.89. The molecule has 0 unspecified atom stereocenters. The molecule has 0 saturated carbocycles. The first kappa shape index (κ1) is 19.6. The van der Waals surface area contributed by atoms with Crippen LogP contribution < -0.4 is 5.73 Å². The molecule has 11 heteroatoms. The lowest BCUT2D eigenvalue weighted by Gasteiger charge is -2.19. The van der Waals surface area contributed by atoms with Crippen molar-refractivity contribution in [1.82, 2.24) is 14.9 Å². The lowest BCUT2D eigenvalue weighted by Crippen LogP contribution is -2.18. The van der Waals surface area contributed by atoms with Crippen LogP contribution in [-0.2, 0) is 16.9 Å². The standard InChI is InChI=1S/C12H18N4OS.H2O4S/c1-8-11(3-4-17)18-7-16(8)6-10-5-14-9(2)15-12(10)13;1-5(2,3)4/h5,17H,3-4,6-7H2,1-2H3,(H2,13,14,15);(H2,1,2,3,4). The van der Waals surface area contributed by atoms with Crippen LogP contribution in [0.25, 0.3) is 0 Å². The van der Waals surface area contributed by atoms with Crippen LogP contribution in [0.5, 0.6) is 0 Å². The van der Waals surface area contributed by atoms with E-state index in [-0.39, 0.29) is 6.61 Å². The molecule has 9 nitrogen and oxygen atoms in total. The predicted molar refractivity (Wildman–Crippen MR) is 87.8 cm³/mol. The molecule has 2 rings (SSSR count). The van der Waals surface area contributed by atoms with Crippen molar-refractivity contribution in [3.05, 3.63) is 28.2 Å². The molecule has 1 aromatic rings. The van der Waals surface area contributed by atoms with Gasteiger partial charge in [-0.25, -0.2) is 9.97 Å². The Morgan fingerprint density at radius 2 is 2.00 bits per heavy atom. The summed E-state index contributed by atoms with van der Waals surface area (Å²) >= 11 is 1.78. The van der Waals surface area contributed by atoms with Gasteiger partial charge in [-0.2, -0.15) is 8.42 Å². The average molecular weight is 364 g/mol. The second-order valence-corrected chi connectivity index (χ2v) is 6.66. The Kier molecular flexibility index (Phi) is 7.22. The number of aliphatic hydroxyl groups is 1. The number of nitrogens with zero attached hydrogens (tertiary/aromatic N) is 3. The first-order valence-electron chi connectivity index (χ1n) is 6.58. The fraction of sp³-hybridized carbons (Fsp3) is 0.500. The molecule has 2 heterocycles. The van der Waals surface area contributed by atoms with Crippen molar-refractivity contribution in [3.63, 3.8) is 0 Å². The van der Waals surface area contributed by atoms with Gasteiger partial charge >= 0.3 is 10.4 Å². The van der Waals surface area contributed by atoms with Gasteiger partial charge in [-0.1, -0.05) is 0 Å². The van der Waals surface area contributed by atoms with E-state index < -0.39 is 10.4 Å². The van der Waals surface area contributed by atoms with E-state index in [2.05, 4.69) is 21.8 Å². The number of nitrogens with two attached hydrogens (primary N) is 1. The van der Waals surface area contributed by atoms with Gasteiger partial charge in [0.25, 0.3) is 0 Å². The van der Waals surface area contributed by atoms with Crippen LogP contribution in [0.4, 0.5) is 5.82 Å². The van der Waals surface area contributed by atoms with E-state index in [0.29, 0.717) is 11.6 Å². The molecule has 5 N–H and O–H groups in total. The summed E-state index contributed by atoms with van der Waals surface area (Å²) in [4.78, 5) is 11.8. The van der Waals surface area contributed by atoms with Crippen molar-refractivity contribution in [1.29, 1.82) is 0 Å².